The lowest BCUT2D eigenvalue weighted by Crippen LogP contribution is -2.40. The number of carboxylic acid groups (broad SMARTS) is 1. The van der Waals surface area contributed by atoms with Gasteiger partial charge in [0.25, 0.3) is 0 Å². The van der Waals surface area contributed by atoms with Crippen LogP contribution in [0.15, 0.2) is 24.3 Å². The molecule has 1 heterocycles. The van der Waals surface area contributed by atoms with Crippen molar-refractivity contribution in [2.45, 2.75) is 12.2 Å². The lowest BCUT2D eigenvalue weighted by Gasteiger charge is -2.11. The van der Waals surface area contributed by atoms with Gasteiger partial charge in [-0.05, 0) is 12.1 Å². The van der Waals surface area contributed by atoms with Crippen molar-refractivity contribution >= 4 is 11.8 Å². The van der Waals surface area contributed by atoms with Crippen molar-refractivity contribution in [2.75, 3.05) is 0 Å². The molecule has 0 aromatic heterocycles. The van der Waals surface area contributed by atoms with Crippen LogP contribution in [0.3, 0.4) is 0 Å². The number of aliphatic hydroxyl groups excluding tert-OH is 1. The van der Waals surface area contributed by atoms with E-state index in [0.29, 0.717) is 11.3 Å². The maximum absolute atomic E-state index is 11.6. The number of carbonyl (C=O) groups is 2. The highest BCUT2D eigenvalue weighted by Crippen LogP contribution is 2.29. The normalized spacial score (nSPS) is 20.6. The van der Waals surface area contributed by atoms with E-state index in [1.54, 1.807) is 18.2 Å². The average Bonchev–Trinajstić information content (AvgIpc) is 2.56. The zero-order chi connectivity index (χ0) is 11.0. The lowest BCUT2D eigenvalue weighted by molar-refractivity contribution is -0.150. The van der Waals surface area contributed by atoms with Crippen LogP contribution in [0.5, 0.6) is 5.75 Å². The molecule has 1 aliphatic heterocycles. The molecule has 0 radical (unpaired) electrons. The topological polar surface area (TPSA) is 83.8 Å². The summed E-state index contributed by atoms with van der Waals surface area (Å²) in [6.07, 6.45) is -3.16. The zero-order valence-corrected chi connectivity index (χ0v) is 7.58. The Morgan fingerprint density at radius 2 is 2.07 bits per heavy atom. The first kappa shape index (κ1) is 9.67. The number of aliphatic hydroxyl groups is 1. The van der Waals surface area contributed by atoms with Gasteiger partial charge in [0.1, 0.15) is 5.75 Å². The second kappa shape index (κ2) is 3.36. The van der Waals surface area contributed by atoms with E-state index in [1.807, 2.05) is 0 Å². The molecule has 2 unspecified atom stereocenters. The molecule has 0 spiro atoms. The Kier molecular flexibility index (Phi) is 2.17. The summed E-state index contributed by atoms with van der Waals surface area (Å²) in [5, 5.41) is 17.8. The predicted molar refractivity (Wildman–Crippen MR) is 48.8 cm³/mol. The van der Waals surface area contributed by atoms with Gasteiger partial charge in [-0.15, -0.1) is 0 Å². The van der Waals surface area contributed by atoms with Crippen LogP contribution in [0, 0.1) is 0 Å². The molecule has 1 aliphatic rings. The number of fused-ring (bicyclic) bond motifs is 1. The SMILES string of the molecule is O=C(O)C(O)C1Oc2ccccc2C1=O. The molecule has 15 heavy (non-hydrogen) atoms. The van der Waals surface area contributed by atoms with Gasteiger partial charge >= 0.3 is 5.97 Å². The molecule has 1 aromatic carbocycles. The summed E-state index contributed by atoms with van der Waals surface area (Å²) in [5.74, 6) is -1.66. The highest BCUT2D eigenvalue weighted by atomic mass is 16.5. The quantitative estimate of drug-likeness (QED) is 0.718. The van der Waals surface area contributed by atoms with E-state index in [2.05, 4.69) is 0 Å². The van der Waals surface area contributed by atoms with Gasteiger partial charge in [-0.25, -0.2) is 4.79 Å². The molecule has 0 saturated heterocycles. The first-order chi connectivity index (χ1) is 7.11. The molecular formula is C10H8O5. The molecule has 0 bridgehead atoms. The van der Waals surface area contributed by atoms with E-state index in [4.69, 9.17) is 9.84 Å². The monoisotopic (exact) mass is 208 g/mol. The molecule has 0 saturated carbocycles. The van der Waals surface area contributed by atoms with Gasteiger partial charge in [0.2, 0.25) is 5.78 Å². The van der Waals surface area contributed by atoms with Gasteiger partial charge in [0.05, 0.1) is 5.56 Å². The molecule has 2 atom stereocenters. The second-order valence-electron chi connectivity index (χ2n) is 3.18. The fraction of sp³-hybridized carbons (Fsp3) is 0.200. The molecule has 0 amide bonds. The van der Waals surface area contributed by atoms with E-state index in [-0.39, 0.29) is 0 Å². The zero-order valence-electron chi connectivity index (χ0n) is 7.58. The second-order valence-corrected chi connectivity index (χ2v) is 3.18. The summed E-state index contributed by atoms with van der Waals surface area (Å²) >= 11 is 0. The molecule has 5 heteroatoms. The summed E-state index contributed by atoms with van der Waals surface area (Å²) in [6, 6.07) is 6.41. The Morgan fingerprint density at radius 3 is 2.67 bits per heavy atom. The Bertz CT molecular complexity index is 426. The summed E-state index contributed by atoms with van der Waals surface area (Å²) in [4.78, 5) is 22.1. The van der Waals surface area contributed by atoms with Crippen molar-refractivity contribution in [3.63, 3.8) is 0 Å². The molecule has 1 aromatic rings. The number of para-hydroxylation sites is 1. The fourth-order valence-corrected chi connectivity index (χ4v) is 1.45. The number of ether oxygens (including phenoxy) is 1. The van der Waals surface area contributed by atoms with Crippen LogP contribution in [0.2, 0.25) is 0 Å². The van der Waals surface area contributed by atoms with E-state index < -0.39 is 24.0 Å². The predicted octanol–water partition coefficient (Wildman–Crippen LogP) is 0.0758. The molecule has 0 aliphatic carbocycles. The number of aliphatic carboxylic acids is 1. The minimum atomic E-state index is -1.83. The Morgan fingerprint density at radius 1 is 1.40 bits per heavy atom. The summed E-state index contributed by atoms with van der Waals surface area (Å²) in [6.45, 7) is 0. The molecule has 5 nitrogen and oxygen atoms in total. The summed E-state index contributed by atoms with van der Waals surface area (Å²) in [5.41, 5.74) is 0.308. The van der Waals surface area contributed by atoms with E-state index in [1.165, 1.54) is 6.07 Å². The maximum atomic E-state index is 11.6. The number of carbonyl (C=O) groups excluding carboxylic acids is 1. The first-order valence-corrected chi connectivity index (χ1v) is 4.32. The van der Waals surface area contributed by atoms with Crippen LogP contribution in [0.25, 0.3) is 0 Å². The maximum Gasteiger partial charge on any atom is 0.336 e. The van der Waals surface area contributed by atoms with Crippen LogP contribution in [-0.4, -0.2) is 34.2 Å². The smallest absolute Gasteiger partial charge is 0.336 e. The van der Waals surface area contributed by atoms with Crippen molar-refractivity contribution in [1.82, 2.24) is 0 Å². The van der Waals surface area contributed by atoms with Gasteiger partial charge in [-0.1, -0.05) is 12.1 Å². The van der Waals surface area contributed by atoms with Crippen molar-refractivity contribution < 1.29 is 24.5 Å². The fourth-order valence-electron chi connectivity index (χ4n) is 1.45. The number of carboxylic acids is 1. The van der Waals surface area contributed by atoms with E-state index in [9.17, 15) is 14.7 Å². The van der Waals surface area contributed by atoms with Crippen LogP contribution < -0.4 is 4.74 Å². The Hall–Kier alpha value is -1.88. The minimum Gasteiger partial charge on any atom is -0.479 e. The Balaban J connectivity index is 2.31. The number of hydrogen-bond donors (Lipinski definition) is 2. The number of Topliss-reactive ketones (excluding diaryl/α,β-unsaturated/α-hetero) is 1. The van der Waals surface area contributed by atoms with Crippen LogP contribution in [0.4, 0.5) is 0 Å². The largest absolute Gasteiger partial charge is 0.479 e. The van der Waals surface area contributed by atoms with Gasteiger partial charge in [0, 0.05) is 0 Å². The first-order valence-electron chi connectivity index (χ1n) is 4.32. The summed E-state index contributed by atoms with van der Waals surface area (Å²) in [7, 11) is 0. The average molecular weight is 208 g/mol. The van der Waals surface area contributed by atoms with Gasteiger partial charge in [0.15, 0.2) is 12.2 Å². The van der Waals surface area contributed by atoms with E-state index >= 15 is 0 Å². The third-order valence-electron chi connectivity index (χ3n) is 2.20. The third-order valence-corrected chi connectivity index (χ3v) is 2.20. The Labute approximate surface area is 84.9 Å². The number of hydrogen-bond acceptors (Lipinski definition) is 4. The third kappa shape index (κ3) is 1.46. The van der Waals surface area contributed by atoms with Crippen molar-refractivity contribution in [1.29, 1.82) is 0 Å². The number of ketones is 1. The van der Waals surface area contributed by atoms with Crippen LogP contribution in [0.1, 0.15) is 10.4 Å². The standard InChI is InChI=1S/C10H8O5/c11-7-5-3-1-2-4-6(5)15-9(7)8(12)10(13)14/h1-4,8-9,12H,(H,13,14). The van der Waals surface area contributed by atoms with Crippen molar-refractivity contribution in [2.24, 2.45) is 0 Å². The summed E-state index contributed by atoms with van der Waals surface area (Å²) < 4.78 is 5.06. The molecular weight excluding hydrogens is 200 g/mol. The highest BCUT2D eigenvalue weighted by Gasteiger charge is 2.40. The molecule has 2 N–H and O–H groups in total. The van der Waals surface area contributed by atoms with Gasteiger partial charge < -0.3 is 14.9 Å². The van der Waals surface area contributed by atoms with Crippen LogP contribution in [-0.2, 0) is 4.79 Å². The highest BCUT2D eigenvalue weighted by molar-refractivity contribution is 6.06. The van der Waals surface area contributed by atoms with E-state index in [0.717, 1.165) is 0 Å². The van der Waals surface area contributed by atoms with Gasteiger partial charge in [-0.2, -0.15) is 0 Å². The number of rotatable bonds is 2. The van der Waals surface area contributed by atoms with Gasteiger partial charge in [-0.3, -0.25) is 4.79 Å². The van der Waals surface area contributed by atoms with Crippen molar-refractivity contribution in [3.05, 3.63) is 29.8 Å². The lowest BCUT2D eigenvalue weighted by atomic mass is 10.1. The molecule has 0 fully saturated rings. The molecule has 2 rings (SSSR count). The molecule has 78 valence electrons. The number of benzene rings is 1. The van der Waals surface area contributed by atoms with Crippen LogP contribution >= 0.6 is 0 Å². The van der Waals surface area contributed by atoms with Crippen molar-refractivity contribution in [3.8, 4) is 5.75 Å². The minimum absolute atomic E-state index is 0.308.